The van der Waals surface area contributed by atoms with Crippen LogP contribution in [-0.2, 0) is 11.2 Å². The van der Waals surface area contributed by atoms with Gasteiger partial charge in [0.1, 0.15) is 11.6 Å². The third kappa shape index (κ3) is 3.86. The normalized spacial score (nSPS) is 10.4. The summed E-state index contributed by atoms with van der Waals surface area (Å²) in [6.07, 6.45) is 0.0877. The van der Waals surface area contributed by atoms with Crippen LogP contribution in [0.1, 0.15) is 5.56 Å². The van der Waals surface area contributed by atoms with Crippen molar-refractivity contribution in [1.29, 1.82) is 0 Å². The van der Waals surface area contributed by atoms with Gasteiger partial charge >= 0.3 is 0 Å². The van der Waals surface area contributed by atoms with Crippen molar-refractivity contribution in [3.63, 3.8) is 0 Å². The standard InChI is InChI=1S/C14H9Br2F2NO/c15-9-3-1-8(2-4-9)5-14(20)19-13-7-11(17)10(16)6-12(13)18/h1-4,6-7H,5H2,(H,19,20). The Morgan fingerprint density at radius 1 is 1.05 bits per heavy atom. The van der Waals surface area contributed by atoms with Crippen molar-refractivity contribution in [2.24, 2.45) is 0 Å². The fourth-order valence-corrected chi connectivity index (χ4v) is 2.18. The average Bonchev–Trinajstić information content (AvgIpc) is 2.39. The SMILES string of the molecule is O=C(Cc1ccc(Br)cc1)Nc1cc(F)c(Br)cc1F. The minimum Gasteiger partial charge on any atom is -0.323 e. The number of amides is 1. The molecule has 2 aromatic carbocycles. The van der Waals surface area contributed by atoms with E-state index in [0.717, 1.165) is 22.2 Å². The molecule has 0 radical (unpaired) electrons. The Kier molecular flexibility index (Phi) is 4.88. The summed E-state index contributed by atoms with van der Waals surface area (Å²) in [5, 5.41) is 2.35. The van der Waals surface area contributed by atoms with Crippen molar-refractivity contribution in [2.45, 2.75) is 6.42 Å². The molecule has 0 bridgehead atoms. The minimum atomic E-state index is -0.692. The van der Waals surface area contributed by atoms with E-state index in [2.05, 4.69) is 37.2 Å². The van der Waals surface area contributed by atoms with Crippen LogP contribution in [0.2, 0.25) is 0 Å². The third-order valence-corrected chi connectivity index (χ3v) is 3.70. The van der Waals surface area contributed by atoms with Gasteiger partial charge in [0.15, 0.2) is 0 Å². The Bertz CT molecular complexity index is 644. The van der Waals surface area contributed by atoms with Gasteiger partial charge in [0.25, 0.3) is 0 Å². The maximum absolute atomic E-state index is 13.6. The fourth-order valence-electron chi connectivity index (χ4n) is 1.60. The minimum absolute atomic E-state index is 0.0147. The highest BCUT2D eigenvalue weighted by Gasteiger charge is 2.11. The van der Waals surface area contributed by atoms with Crippen LogP contribution in [0.5, 0.6) is 0 Å². The van der Waals surface area contributed by atoms with E-state index in [1.165, 1.54) is 0 Å². The molecule has 2 nitrogen and oxygen atoms in total. The quantitative estimate of drug-likeness (QED) is 0.740. The second-order valence-corrected chi connectivity index (χ2v) is 5.87. The van der Waals surface area contributed by atoms with Gasteiger partial charge < -0.3 is 5.32 Å². The topological polar surface area (TPSA) is 29.1 Å². The first-order chi connectivity index (χ1) is 9.45. The first kappa shape index (κ1) is 15.1. The average molecular weight is 405 g/mol. The molecule has 0 saturated carbocycles. The lowest BCUT2D eigenvalue weighted by Crippen LogP contribution is -2.15. The van der Waals surface area contributed by atoms with Crippen LogP contribution < -0.4 is 5.32 Å². The Balaban J connectivity index is 2.08. The zero-order chi connectivity index (χ0) is 14.7. The number of carbonyl (C=O) groups excluding carboxylic acids is 1. The summed E-state index contributed by atoms with van der Waals surface area (Å²) in [6.45, 7) is 0. The molecule has 6 heteroatoms. The van der Waals surface area contributed by atoms with Gasteiger partial charge in [0.2, 0.25) is 5.91 Å². The molecule has 0 aromatic heterocycles. The molecule has 20 heavy (non-hydrogen) atoms. The van der Waals surface area contributed by atoms with Crippen LogP contribution in [0.3, 0.4) is 0 Å². The molecule has 0 aliphatic carbocycles. The van der Waals surface area contributed by atoms with Crippen molar-refractivity contribution in [1.82, 2.24) is 0 Å². The number of rotatable bonds is 3. The highest BCUT2D eigenvalue weighted by atomic mass is 79.9. The Labute approximate surface area is 131 Å². The van der Waals surface area contributed by atoms with Gasteiger partial charge in [-0.1, -0.05) is 28.1 Å². The fraction of sp³-hybridized carbons (Fsp3) is 0.0714. The molecular weight excluding hydrogens is 396 g/mol. The molecule has 0 unspecified atom stereocenters. The van der Waals surface area contributed by atoms with E-state index in [1.54, 1.807) is 12.1 Å². The van der Waals surface area contributed by atoms with Gasteiger partial charge in [-0.3, -0.25) is 4.79 Å². The number of carbonyl (C=O) groups is 1. The number of benzene rings is 2. The molecule has 1 amide bonds. The Morgan fingerprint density at radius 3 is 2.35 bits per heavy atom. The first-order valence-corrected chi connectivity index (χ1v) is 7.23. The number of nitrogens with one attached hydrogen (secondary N) is 1. The van der Waals surface area contributed by atoms with E-state index in [0.29, 0.717) is 0 Å². The highest BCUT2D eigenvalue weighted by molar-refractivity contribution is 9.10. The number of hydrogen-bond donors (Lipinski definition) is 1. The van der Waals surface area contributed by atoms with Gasteiger partial charge in [-0.2, -0.15) is 0 Å². The second kappa shape index (κ2) is 6.45. The zero-order valence-electron chi connectivity index (χ0n) is 10.1. The van der Waals surface area contributed by atoms with Crippen molar-refractivity contribution in [3.05, 3.63) is 62.5 Å². The van der Waals surface area contributed by atoms with Gasteiger partial charge in [-0.05, 0) is 39.7 Å². The lowest BCUT2D eigenvalue weighted by Gasteiger charge is -2.07. The highest BCUT2D eigenvalue weighted by Crippen LogP contribution is 2.23. The molecular formula is C14H9Br2F2NO. The lowest BCUT2D eigenvalue weighted by molar-refractivity contribution is -0.115. The predicted octanol–water partition coefficient (Wildman–Crippen LogP) is 4.67. The molecule has 0 aliphatic rings. The number of hydrogen-bond acceptors (Lipinski definition) is 1. The third-order valence-electron chi connectivity index (χ3n) is 2.56. The van der Waals surface area contributed by atoms with Crippen molar-refractivity contribution in [3.8, 4) is 0 Å². The largest absolute Gasteiger partial charge is 0.323 e. The van der Waals surface area contributed by atoms with E-state index in [4.69, 9.17) is 0 Å². The molecule has 2 rings (SSSR count). The van der Waals surface area contributed by atoms with E-state index >= 15 is 0 Å². The Morgan fingerprint density at radius 2 is 1.70 bits per heavy atom. The van der Waals surface area contributed by atoms with Crippen molar-refractivity contribution < 1.29 is 13.6 Å². The summed E-state index contributed by atoms with van der Waals surface area (Å²) in [5.41, 5.74) is 0.608. The Hall–Kier alpha value is -1.27. The zero-order valence-corrected chi connectivity index (χ0v) is 13.3. The smallest absolute Gasteiger partial charge is 0.228 e. The van der Waals surface area contributed by atoms with Crippen LogP contribution in [0, 0.1) is 11.6 Å². The monoisotopic (exact) mass is 403 g/mol. The summed E-state index contributed by atoms with van der Waals surface area (Å²) >= 11 is 6.17. The van der Waals surface area contributed by atoms with Gasteiger partial charge in [-0.25, -0.2) is 8.78 Å². The van der Waals surface area contributed by atoms with Gasteiger partial charge in [-0.15, -0.1) is 0 Å². The summed E-state index contributed by atoms with van der Waals surface area (Å²) < 4.78 is 27.8. The lowest BCUT2D eigenvalue weighted by atomic mass is 10.1. The molecule has 104 valence electrons. The van der Waals surface area contributed by atoms with E-state index < -0.39 is 17.5 Å². The molecule has 0 aliphatic heterocycles. The van der Waals surface area contributed by atoms with Crippen molar-refractivity contribution in [2.75, 3.05) is 5.32 Å². The van der Waals surface area contributed by atoms with E-state index in [-0.39, 0.29) is 16.6 Å². The van der Waals surface area contributed by atoms with Crippen LogP contribution in [0.25, 0.3) is 0 Å². The summed E-state index contributed by atoms with van der Waals surface area (Å²) in [4.78, 5) is 11.8. The van der Waals surface area contributed by atoms with Crippen molar-refractivity contribution >= 4 is 43.5 Å². The number of halogens is 4. The maximum Gasteiger partial charge on any atom is 0.228 e. The number of anilines is 1. The van der Waals surface area contributed by atoms with Crippen LogP contribution in [0.15, 0.2) is 45.3 Å². The van der Waals surface area contributed by atoms with Gasteiger partial charge in [0.05, 0.1) is 16.6 Å². The molecule has 2 aromatic rings. The maximum atomic E-state index is 13.6. The molecule has 0 heterocycles. The van der Waals surface area contributed by atoms with Crippen LogP contribution in [-0.4, -0.2) is 5.91 Å². The van der Waals surface area contributed by atoms with Gasteiger partial charge in [0, 0.05) is 10.5 Å². The summed E-state index contributed by atoms with van der Waals surface area (Å²) in [7, 11) is 0. The first-order valence-electron chi connectivity index (χ1n) is 5.64. The van der Waals surface area contributed by atoms with E-state index in [9.17, 15) is 13.6 Å². The molecule has 1 N–H and O–H groups in total. The summed E-state index contributed by atoms with van der Waals surface area (Å²) in [6, 6.07) is 9.10. The molecule has 0 saturated heterocycles. The second-order valence-electron chi connectivity index (χ2n) is 4.10. The molecule has 0 fully saturated rings. The molecule has 0 atom stereocenters. The predicted molar refractivity (Wildman–Crippen MR) is 80.5 cm³/mol. The van der Waals surface area contributed by atoms with Crippen LogP contribution >= 0.6 is 31.9 Å². The summed E-state index contributed by atoms with van der Waals surface area (Å²) in [5.74, 6) is -1.74. The van der Waals surface area contributed by atoms with Crippen LogP contribution in [0.4, 0.5) is 14.5 Å². The molecule has 0 spiro atoms. The van der Waals surface area contributed by atoms with E-state index in [1.807, 2.05) is 12.1 Å².